The molecule has 3 aromatic rings. The smallest absolute Gasteiger partial charge is 0.163 e. The maximum absolute atomic E-state index is 9.12. The van der Waals surface area contributed by atoms with Gasteiger partial charge in [-0.25, -0.2) is 15.0 Å². The number of nitriles is 1. The lowest BCUT2D eigenvalue weighted by atomic mass is 9.95. The van der Waals surface area contributed by atoms with Crippen molar-refractivity contribution in [2.24, 2.45) is 0 Å². The molecule has 3 rings (SSSR count). The number of benzene rings is 2. The highest BCUT2D eigenvalue weighted by molar-refractivity contribution is 5.62. The summed E-state index contributed by atoms with van der Waals surface area (Å²) in [6.07, 6.45) is 0. The fourth-order valence-corrected chi connectivity index (χ4v) is 2.28. The Morgan fingerprint density at radius 2 is 1.42 bits per heavy atom. The van der Waals surface area contributed by atoms with Gasteiger partial charge in [0.25, 0.3) is 0 Å². The first-order valence-corrected chi connectivity index (χ1v) is 7.80. The lowest BCUT2D eigenvalue weighted by Crippen LogP contribution is -2.18. The van der Waals surface area contributed by atoms with Crippen LogP contribution >= 0.6 is 0 Å². The zero-order valence-electron chi connectivity index (χ0n) is 14.0. The van der Waals surface area contributed by atoms with E-state index >= 15 is 0 Å². The standard InChI is InChI=1S/C20H18N4/c1-20(2,3)19-23-17(15-9-5-4-6-10-15)22-18(24-19)16-11-7-8-14(12-16)13-21/h4-12H,1-3H3. The molecule has 0 spiro atoms. The van der Waals surface area contributed by atoms with E-state index in [0.717, 1.165) is 17.0 Å². The molecule has 1 heterocycles. The van der Waals surface area contributed by atoms with E-state index < -0.39 is 0 Å². The Morgan fingerprint density at radius 1 is 0.792 bits per heavy atom. The van der Waals surface area contributed by atoms with Crippen LogP contribution in [0.2, 0.25) is 0 Å². The minimum Gasteiger partial charge on any atom is -0.212 e. The van der Waals surface area contributed by atoms with Gasteiger partial charge >= 0.3 is 0 Å². The largest absolute Gasteiger partial charge is 0.212 e. The van der Waals surface area contributed by atoms with Gasteiger partial charge in [0, 0.05) is 16.5 Å². The summed E-state index contributed by atoms with van der Waals surface area (Å²) in [7, 11) is 0. The normalized spacial score (nSPS) is 11.1. The summed E-state index contributed by atoms with van der Waals surface area (Å²) in [5.41, 5.74) is 2.15. The SMILES string of the molecule is CC(C)(C)c1nc(-c2ccccc2)nc(-c2cccc(C#N)c2)n1. The molecule has 0 fully saturated rings. The lowest BCUT2D eigenvalue weighted by Gasteiger charge is -2.18. The molecule has 0 saturated carbocycles. The van der Waals surface area contributed by atoms with Crippen LogP contribution in [0.5, 0.6) is 0 Å². The van der Waals surface area contributed by atoms with Crippen LogP contribution < -0.4 is 0 Å². The molecular weight excluding hydrogens is 296 g/mol. The number of hydrogen-bond acceptors (Lipinski definition) is 4. The van der Waals surface area contributed by atoms with Crippen LogP contribution in [0.15, 0.2) is 54.6 Å². The highest BCUT2D eigenvalue weighted by atomic mass is 15.0. The molecule has 0 radical (unpaired) electrons. The Labute approximate surface area is 141 Å². The highest BCUT2D eigenvalue weighted by Gasteiger charge is 2.21. The molecule has 1 aromatic heterocycles. The van der Waals surface area contributed by atoms with Crippen LogP contribution in [0.1, 0.15) is 32.2 Å². The average molecular weight is 314 g/mol. The fraction of sp³-hybridized carbons (Fsp3) is 0.200. The molecule has 4 heteroatoms. The van der Waals surface area contributed by atoms with Crippen LogP contribution in [-0.2, 0) is 5.41 Å². The summed E-state index contributed by atoms with van der Waals surface area (Å²) >= 11 is 0. The van der Waals surface area contributed by atoms with Gasteiger partial charge in [-0.2, -0.15) is 5.26 Å². The molecule has 0 amide bonds. The van der Waals surface area contributed by atoms with Crippen molar-refractivity contribution in [3.05, 3.63) is 66.0 Å². The predicted molar refractivity (Wildman–Crippen MR) is 94.1 cm³/mol. The molecule has 0 aliphatic heterocycles. The summed E-state index contributed by atoms with van der Waals surface area (Å²) in [6.45, 7) is 6.23. The van der Waals surface area contributed by atoms with E-state index in [-0.39, 0.29) is 5.41 Å². The number of nitrogens with zero attached hydrogens (tertiary/aromatic N) is 4. The van der Waals surface area contributed by atoms with E-state index in [2.05, 4.69) is 41.8 Å². The van der Waals surface area contributed by atoms with Crippen molar-refractivity contribution >= 4 is 0 Å². The molecule has 0 aliphatic rings. The van der Waals surface area contributed by atoms with Crippen molar-refractivity contribution in [3.63, 3.8) is 0 Å². The van der Waals surface area contributed by atoms with Gasteiger partial charge in [0.1, 0.15) is 5.82 Å². The van der Waals surface area contributed by atoms with E-state index in [9.17, 15) is 0 Å². The van der Waals surface area contributed by atoms with E-state index in [1.807, 2.05) is 42.5 Å². The summed E-state index contributed by atoms with van der Waals surface area (Å²) < 4.78 is 0. The van der Waals surface area contributed by atoms with Crippen LogP contribution in [-0.4, -0.2) is 15.0 Å². The van der Waals surface area contributed by atoms with E-state index in [0.29, 0.717) is 17.2 Å². The molecule has 4 nitrogen and oxygen atoms in total. The minimum atomic E-state index is -0.200. The third kappa shape index (κ3) is 3.31. The minimum absolute atomic E-state index is 0.200. The number of aromatic nitrogens is 3. The summed E-state index contributed by atoms with van der Waals surface area (Å²) in [4.78, 5) is 13.9. The maximum Gasteiger partial charge on any atom is 0.163 e. The van der Waals surface area contributed by atoms with Crippen molar-refractivity contribution in [1.29, 1.82) is 5.26 Å². The molecule has 0 atom stereocenters. The molecule has 0 saturated heterocycles. The first kappa shape index (κ1) is 15.8. The Hall–Kier alpha value is -3.06. The zero-order chi connectivity index (χ0) is 17.2. The Morgan fingerprint density at radius 3 is 2.04 bits per heavy atom. The van der Waals surface area contributed by atoms with Crippen LogP contribution in [0, 0.1) is 11.3 Å². The monoisotopic (exact) mass is 314 g/mol. The van der Waals surface area contributed by atoms with Gasteiger partial charge in [-0.3, -0.25) is 0 Å². The topological polar surface area (TPSA) is 62.5 Å². The second kappa shape index (κ2) is 6.21. The number of hydrogen-bond donors (Lipinski definition) is 0. The Balaban J connectivity index is 2.21. The van der Waals surface area contributed by atoms with Crippen LogP contribution in [0.3, 0.4) is 0 Å². The van der Waals surface area contributed by atoms with Gasteiger partial charge in [0.2, 0.25) is 0 Å². The Kier molecular flexibility index (Phi) is 4.09. The molecular formula is C20H18N4. The van der Waals surface area contributed by atoms with E-state index in [4.69, 9.17) is 5.26 Å². The molecule has 0 unspecified atom stereocenters. The molecule has 0 bridgehead atoms. The quantitative estimate of drug-likeness (QED) is 0.704. The van der Waals surface area contributed by atoms with E-state index in [1.165, 1.54) is 0 Å². The average Bonchev–Trinajstić information content (AvgIpc) is 2.61. The first-order chi connectivity index (χ1) is 11.5. The van der Waals surface area contributed by atoms with Crippen molar-refractivity contribution in [3.8, 4) is 28.8 Å². The molecule has 118 valence electrons. The van der Waals surface area contributed by atoms with Gasteiger partial charge in [-0.05, 0) is 12.1 Å². The van der Waals surface area contributed by atoms with Crippen molar-refractivity contribution in [2.45, 2.75) is 26.2 Å². The van der Waals surface area contributed by atoms with Gasteiger partial charge in [-0.1, -0.05) is 63.2 Å². The van der Waals surface area contributed by atoms with Crippen LogP contribution in [0.25, 0.3) is 22.8 Å². The molecule has 0 N–H and O–H groups in total. The summed E-state index contributed by atoms with van der Waals surface area (Å²) in [6, 6.07) is 19.3. The second-order valence-electron chi connectivity index (χ2n) is 6.61. The summed E-state index contributed by atoms with van der Waals surface area (Å²) in [5.74, 6) is 1.97. The van der Waals surface area contributed by atoms with Gasteiger partial charge in [0.15, 0.2) is 11.6 Å². The predicted octanol–water partition coefficient (Wildman–Crippen LogP) is 4.37. The Bertz CT molecular complexity index is 903. The lowest BCUT2D eigenvalue weighted by molar-refractivity contribution is 0.543. The molecule has 0 aliphatic carbocycles. The first-order valence-electron chi connectivity index (χ1n) is 7.80. The van der Waals surface area contributed by atoms with Gasteiger partial charge in [-0.15, -0.1) is 0 Å². The van der Waals surface area contributed by atoms with Crippen LogP contribution in [0.4, 0.5) is 0 Å². The third-order valence-electron chi connectivity index (χ3n) is 3.59. The summed E-state index contributed by atoms with van der Waals surface area (Å²) in [5, 5.41) is 9.12. The zero-order valence-corrected chi connectivity index (χ0v) is 14.0. The molecule has 2 aromatic carbocycles. The van der Waals surface area contributed by atoms with Gasteiger partial charge < -0.3 is 0 Å². The van der Waals surface area contributed by atoms with Crippen molar-refractivity contribution < 1.29 is 0 Å². The third-order valence-corrected chi connectivity index (χ3v) is 3.59. The molecule has 24 heavy (non-hydrogen) atoms. The van der Waals surface area contributed by atoms with Crippen molar-refractivity contribution in [1.82, 2.24) is 15.0 Å². The highest BCUT2D eigenvalue weighted by Crippen LogP contribution is 2.25. The fourth-order valence-electron chi connectivity index (χ4n) is 2.28. The van der Waals surface area contributed by atoms with Crippen molar-refractivity contribution in [2.75, 3.05) is 0 Å². The maximum atomic E-state index is 9.12. The van der Waals surface area contributed by atoms with Gasteiger partial charge in [0.05, 0.1) is 11.6 Å². The van der Waals surface area contributed by atoms with E-state index in [1.54, 1.807) is 12.1 Å². The number of rotatable bonds is 2. The second-order valence-corrected chi connectivity index (χ2v) is 6.61.